The number of nitriles is 1. The van der Waals surface area contributed by atoms with Gasteiger partial charge < -0.3 is 0 Å². The van der Waals surface area contributed by atoms with Crippen LogP contribution in [0.1, 0.15) is 22.3 Å². The summed E-state index contributed by atoms with van der Waals surface area (Å²) in [4.78, 5) is 0. The lowest BCUT2D eigenvalue weighted by Crippen LogP contribution is -1.80. The quantitative estimate of drug-likeness (QED) is 0.666. The molecule has 21 heavy (non-hydrogen) atoms. The van der Waals surface area contributed by atoms with Crippen LogP contribution in [0.3, 0.4) is 0 Å². The minimum atomic E-state index is 0.587. The van der Waals surface area contributed by atoms with Crippen molar-refractivity contribution in [3.8, 4) is 29.8 Å². The zero-order valence-electron chi connectivity index (χ0n) is 11.7. The minimum Gasteiger partial charge on any atom is -0.192 e. The first kappa shape index (κ1) is 14.2. The molecule has 0 fully saturated rings. The Hall–Kier alpha value is -3.21. The molecule has 0 heterocycles. The van der Waals surface area contributed by atoms with Crippen LogP contribution in [-0.2, 0) is 0 Å². The lowest BCUT2D eigenvalue weighted by molar-refractivity contribution is 1.46. The number of benzene rings is 2. The molecule has 0 amide bonds. The summed E-state index contributed by atoms with van der Waals surface area (Å²) >= 11 is 0. The number of hydrogen-bond acceptors (Lipinski definition) is 1. The number of hydrogen-bond donors (Lipinski definition) is 0. The van der Waals surface area contributed by atoms with Gasteiger partial charge in [-0.3, -0.25) is 0 Å². The van der Waals surface area contributed by atoms with Crippen molar-refractivity contribution in [1.82, 2.24) is 0 Å². The summed E-state index contributed by atoms with van der Waals surface area (Å²) in [5.74, 6) is 11.8. The van der Waals surface area contributed by atoms with Crippen LogP contribution in [0.5, 0.6) is 0 Å². The molecule has 2 aromatic carbocycles. The van der Waals surface area contributed by atoms with Crippen molar-refractivity contribution in [2.75, 3.05) is 0 Å². The van der Waals surface area contributed by atoms with E-state index in [4.69, 9.17) is 5.26 Å². The summed E-state index contributed by atoms with van der Waals surface area (Å²) in [5.41, 5.74) is 3.50. The summed E-state index contributed by atoms with van der Waals surface area (Å²) in [6, 6.07) is 17.4. The first-order chi connectivity index (χ1) is 10.3. The van der Waals surface area contributed by atoms with Crippen LogP contribution < -0.4 is 0 Å². The molecule has 2 aromatic rings. The molecule has 0 N–H and O–H groups in total. The third-order valence-electron chi connectivity index (χ3n) is 2.74. The van der Waals surface area contributed by atoms with Crippen molar-refractivity contribution in [1.29, 1.82) is 5.26 Å². The Morgan fingerprint density at radius 2 is 1.57 bits per heavy atom. The normalized spacial score (nSPS) is 9.14. The number of rotatable bonds is 0. The highest BCUT2D eigenvalue weighted by atomic mass is 14.2. The third-order valence-corrected chi connectivity index (χ3v) is 2.74. The second kappa shape index (κ2) is 7.40. The first-order valence-corrected chi connectivity index (χ1v) is 6.53. The van der Waals surface area contributed by atoms with E-state index in [1.807, 2.05) is 49.4 Å². The molecule has 0 aliphatic carbocycles. The molecule has 98 valence electrons. The van der Waals surface area contributed by atoms with Crippen molar-refractivity contribution in [3.05, 3.63) is 82.9 Å². The molecule has 0 saturated heterocycles. The van der Waals surface area contributed by atoms with Crippen molar-refractivity contribution >= 4 is 0 Å². The molecule has 0 atom stereocenters. The van der Waals surface area contributed by atoms with Gasteiger partial charge in [0.15, 0.2) is 0 Å². The highest BCUT2D eigenvalue weighted by Gasteiger charge is 1.94. The summed E-state index contributed by atoms with van der Waals surface area (Å²) in [5, 5.41) is 8.95. The maximum absolute atomic E-state index is 8.95. The van der Waals surface area contributed by atoms with Crippen molar-refractivity contribution in [2.45, 2.75) is 6.92 Å². The summed E-state index contributed by atoms with van der Waals surface area (Å²) in [6.07, 6.45) is 3.40. The van der Waals surface area contributed by atoms with Gasteiger partial charge in [0.1, 0.15) is 6.07 Å². The van der Waals surface area contributed by atoms with E-state index in [0.29, 0.717) is 5.56 Å². The van der Waals surface area contributed by atoms with E-state index in [9.17, 15) is 0 Å². The second-order valence-corrected chi connectivity index (χ2v) is 4.40. The average molecular weight is 267 g/mol. The lowest BCUT2D eigenvalue weighted by atomic mass is 10.1. The zero-order valence-corrected chi connectivity index (χ0v) is 11.7. The molecule has 0 radical (unpaired) electrons. The lowest BCUT2D eigenvalue weighted by Gasteiger charge is -1.91. The molecule has 0 spiro atoms. The molecule has 0 aliphatic heterocycles. The van der Waals surface area contributed by atoms with E-state index in [1.165, 1.54) is 5.56 Å². The Morgan fingerprint density at radius 1 is 0.857 bits per heavy atom. The zero-order chi connectivity index (χ0) is 14.9. The molecule has 2 rings (SSSR count). The molecule has 1 nitrogen and oxygen atoms in total. The second-order valence-electron chi connectivity index (χ2n) is 4.40. The monoisotopic (exact) mass is 267 g/mol. The van der Waals surface area contributed by atoms with Crippen LogP contribution in [0.2, 0.25) is 0 Å². The van der Waals surface area contributed by atoms with Gasteiger partial charge in [-0.1, -0.05) is 47.9 Å². The predicted molar refractivity (Wildman–Crippen MR) is 85.2 cm³/mol. The molecule has 0 bridgehead atoms. The third kappa shape index (κ3) is 4.43. The van der Waals surface area contributed by atoms with E-state index in [2.05, 4.69) is 29.8 Å². The number of nitrogens with zero attached hydrogens (tertiary/aromatic N) is 1. The molecule has 1 heteroatoms. The van der Waals surface area contributed by atoms with E-state index in [-0.39, 0.29) is 0 Å². The van der Waals surface area contributed by atoms with Gasteiger partial charge in [-0.15, -0.1) is 0 Å². The van der Waals surface area contributed by atoms with Gasteiger partial charge >= 0.3 is 0 Å². The largest absolute Gasteiger partial charge is 0.192 e. The summed E-state index contributed by atoms with van der Waals surface area (Å²) < 4.78 is 0. The predicted octanol–water partition coefficient (Wildman–Crippen LogP) is 3.83. The molecule has 0 unspecified atom stereocenters. The van der Waals surface area contributed by atoms with E-state index >= 15 is 0 Å². The van der Waals surface area contributed by atoms with E-state index in [1.54, 1.807) is 18.2 Å². The van der Waals surface area contributed by atoms with Crippen LogP contribution in [0.25, 0.3) is 0 Å². The smallest absolute Gasteiger partial charge is 0.100 e. The fourth-order valence-corrected chi connectivity index (χ4v) is 1.74. The Bertz CT molecular complexity index is 828. The van der Waals surface area contributed by atoms with Gasteiger partial charge in [0, 0.05) is 11.1 Å². The molecular formula is C20H13N. The summed E-state index contributed by atoms with van der Waals surface area (Å²) in [6.45, 7) is 2.04. The molecule has 0 saturated carbocycles. The van der Waals surface area contributed by atoms with Crippen molar-refractivity contribution < 1.29 is 0 Å². The fourth-order valence-electron chi connectivity index (χ4n) is 1.74. The van der Waals surface area contributed by atoms with Gasteiger partial charge in [0.05, 0.1) is 5.56 Å². The highest BCUT2D eigenvalue weighted by Crippen LogP contribution is 2.04. The minimum absolute atomic E-state index is 0.587. The van der Waals surface area contributed by atoms with Crippen molar-refractivity contribution in [2.24, 2.45) is 0 Å². The van der Waals surface area contributed by atoms with Crippen LogP contribution in [-0.4, -0.2) is 0 Å². The molecular weight excluding hydrogens is 254 g/mol. The van der Waals surface area contributed by atoms with E-state index in [0.717, 1.165) is 11.1 Å². The Morgan fingerprint density at radius 3 is 2.29 bits per heavy atom. The highest BCUT2D eigenvalue weighted by molar-refractivity contribution is 5.49. The maximum Gasteiger partial charge on any atom is 0.100 e. The van der Waals surface area contributed by atoms with Gasteiger partial charge in [0.25, 0.3) is 0 Å². The topological polar surface area (TPSA) is 23.8 Å². The Labute approximate surface area is 125 Å². The van der Waals surface area contributed by atoms with Crippen LogP contribution in [0.15, 0.2) is 60.7 Å². The van der Waals surface area contributed by atoms with Crippen LogP contribution >= 0.6 is 0 Å². The molecule has 0 aromatic heterocycles. The Balaban J connectivity index is 2.05. The first-order valence-electron chi connectivity index (χ1n) is 6.53. The van der Waals surface area contributed by atoms with Crippen LogP contribution in [0, 0.1) is 41.9 Å². The number of aryl methyl sites for hydroxylation is 1. The standard InChI is InChI=1S/C20H13N/c1-17-9-8-11-18(15-17)10-4-2-3-5-12-19-13-6-7-14-20(19)16-21/h2-3,6-9,11,13-15H,1H3. The Kier molecular flexibility index (Phi) is 5.00. The average Bonchev–Trinajstić information content (AvgIpc) is 2.51. The SMILES string of the molecule is Cc1cccc(C#CC=CC#Cc2ccccc2C#N)c1. The van der Waals surface area contributed by atoms with Gasteiger partial charge in [-0.25, -0.2) is 0 Å². The summed E-state index contributed by atoms with van der Waals surface area (Å²) in [7, 11) is 0. The van der Waals surface area contributed by atoms with E-state index < -0.39 is 0 Å². The molecule has 0 aliphatic rings. The maximum atomic E-state index is 8.95. The fraction of sp³-hybridized carbons (Fsp3) is 0.0500. The van der Waals surface area contributed by atoms with Crippen molar-refractivity contribution in [3.63, 3.8) is 0 Å². The van der Waals surface area contributed by atoms with Gasteiger partial charge in [-0.05, 0) is 48.9 Å². The van der Waals surface area contributed by atoms with Gasteiger partial charge in [-0.2, -0.15) is 5.26 Å². The number of allylic oxidation sites excluding steroid dienone is 2. The van der Waals surface area contributed by atoms with Gasteiger partial charge in [0.2, 0.25) is 0 Å². The van der Waals surface area contributed by atoms with Crippen LogP contribution in [0.4, 0.5) is 0 Å².